The maximum absolute atomic E-state index is 11.9. The van der Waals surface area contributed by atoms with Gasteiger partial charge in [0, 0.05) is 23.0 Å². The number of ether oxygens (including phenoxy) is 1. The number of hydrazone groups is 1. The molecule has 0 bridgehead atoms. The van der Waals surface area contributed by atoms with Crippen molar-refractivity contribution in [1.29, 1.82) is 0 Å². The highest BCUT2D eigenvalue weighted by atomic mass is 79.9. The second-order valence-corrected chi connectivity index (χ2v) is 8.10. The molecule has 2 aromatic rings. The lowest BCUT2D eigenvalue weighted by Crippen LogP contribution is -2.20. The van der Waals surface area contributed by atoms with E-state index in [0.717, 1.165) is 28.8 Å². The third-order valence-electron chi connectivity index (χ3n) is 4.51. The van der Waals surface area contributed by atoms with Gasteiger partial charge < -0.3 is 10.1 Å². The van der Waals surface area contributed by atoms with Gasteiger partial charge in [0.2, 0.25) is 11.8 Å². The summed E-state index contributed by atoms with van der Waals surface area (Å²) >= 11 is 3.34. The van der Waals surface area contributed by atoms with E-state index in [1.54, 1.807) is 18.3 Å². The quantitative estimate of drug-likeness (QED) is 0.217. The highest BCUT2D eigenvalue weighted by Crippen LogP contribution is 2.14. The van der Waals surface area contributed by atoms with E-state index in [4.69, 9.17) is 4.74 Å². The minimum Gasteiger partial charge on any atom is -0.494 e. The van der Waals surface area contributed by atoms with Crippen LogP contribution in [0.4, 0.5) is 5.69 Å². The molecule has 0 unspecified atom stereocenters. The fraction of sp³-hybridized carbons (Fsp3) is 0.375. The number of hydrogen-bond donors (Lipinski definition) is 2. The second-order valence-electron chi connectivity index (χ2n) is 7.18. The third kappa shape index (κ3) is 10.8. The van der Waals surface area contributed by atoms with Crippen LogP contribution in [0.1, 0.15) is 57.4 Å². The Labute approximate surface area is 192 Å². The summed E-state index contributed by atoms with van der Waals surface area (Å²) in [6.07, 6.45) is 7.76. The van der Waals surface area contributed by atoms with Crippen LogP contribution in [0.3, 0.4) is 0 Å². The summed E-state index contributed by atoms with van der Waals surface area (Å²) in [5.74, 6) is 0.293. The van der Waals surface area contributed by atoms with Gasteiger partial charge in [0.1, 0.15) is 5.75 Å². The van der Waals surface area contributed by atoms with E-state index in [1.165, 1.54) is 25.7 Å². The average Bonchev–Trinajstić information content (AvgIpc) is 2.77. The van der Waals surface area contributed by atoms with Gasteiger partial charge >= 0.3 is 0 Å². The lowest BCUT2D eigenvalue weighted by atomic mass is 10.2. The Morgan fingerprint density at radius 3 is 2.32 bits per heavy atom. The van der Waals surface area contributed by atoms with Gasteiger partial charge in [-0.3, -0.25) is 9.59 Å². The van der Waals surface area contributed by atoms with Gasteiger partial charge in [-0.1, -0.05) is 48.5 Å². The average molecular weight is 488 g/mol. The molecule has 2 amide bonds. The van der Waals surface area contributed by atoms with Crippen molar-refractivity contribution in [2.75, 3.05) is 11.9 Å². The number of carbonyl (C=O) groups excluding carboxylic acids is 2. The van der Waals surface area contributed by atoms with E-state index in [1.807, 2.05) is 36.4 Å². The van der Waals surface area contributed by atoms with Crippen LogP contribution >= 0.6 is 15.9 Å². The molecule has 0 aliphatic carbocycles. The van der Waals surface area contributed by atoms with Crippen LogP contribution < -0.4 is 15.5 Å². The van der Waals surface area contributed by atoms with E-state index in [9.17, 15) is 9.59 Å². The number of benzene rings is 2. The number of unbranched alkanes of at least 4 members (excludes halogenated alkanes) is 4. The summed E-state index contributed by atoms with van der Waals surface area (Å²) in [5.41, 5.74) is 3.98. The van der Waals surface area contributed by atoms with Crippen LogP contribution in [-0.4, -0.2) is 24.6 Å². The first kappa shape index (κ1) is 24.6. The first-order valence-corrected chi connectivity index (χ1v) is 11.5. The number of carbonyl (C=O) groups is 2. The van der Waals surface area contributed by atoms with E-state index >= 15 is 0 Å². The zero-order chi connectivity index (χ0) is 22.3. The van der Waals surface area contributed by atoms with Gasteiger partial charge in [-0.25, -0.2) is 5.43 Å². The molecule has 0 aromatic heterocycles. The van der Waals surface area contributed by atoms with Crippen LogP contribution in [0.5, 0.6) is 5.75 Å². The van der Waals surface area contributed by atoms with Crippen molar-refractivity contribution in [3.05, 3.63) is 58.6 Å². The minimum absolute atomic E-state index is 0.0603. The SMILES string of the molecule is CCCCCCCOc1ccc(C=NNC(=O)CCC(=O)Nc2ccc(Br)cc2)cc1. The molecule has 6 nitrogen and oxygen atoms in total. The number of anilines is 1. The van der Waals surface area contributed by atoms with Crippen LogP contribution in [0.15, 0.2) is 58.1 Å². The second kappa shape index (κ2) is 14.4. The molecule has 0 aliphatic heterocycles. The number of amides is 2. The first-order valence-electron chi connectivity index (χ1n) is 10.7. The summed E-state index contributed by atoms with van der Waals surface area (Å²) < 4.78 is 6.67. The number of rotatable bonds is 13. The normalized spacial score (nSPS) is 10.8. The van der Waals surface area contributed by atoms with Crippen molar-refractivity contribution in [2.45, 2.75) is 51.9 Å². The number of nitrogens with zero attached hydrogens (tertiary/aromatic N) is 1. The summed E-state index contributed by atoms with van der Waals surface area (Å²) in [6.45, 7) is 2.93. The van der Waals surface area contributed by atoms with Crippen molar-refractivity contribution in [1.82, 2.24) is 5.43 Å². The van der Waals surface area contributed by atoms with Gasteiger partial charge in [-0.15, -0.1) is 0 Å². The Balaban J connectivity index is 1.62. The molecular formula is C24H30BrN3O3. The predicted molar refractivity (Wildman–Crippen MR) is 128 cm³/mol. The monoisotopic (exact) mass is 487 g/mol. The molecule has 166 valence electrons. The molecule has 0 aliphatic rings. The third-order valence-corrected chi connectivity index (χ3v) is 5.04. The Morgan fingerprint density at radius 2 is 1.61 bits per heavy atom. The van der Waals surface area contributed by atoms with E-state index in [0.29, 0.717) is 5.69 Å². The summed E-state index contributed by atoms with van der Waals surface area (Å²) in [7, 11) is 0. The molecule has 0 heterocycles. The van der Waals surface area contributed by atoms with Gasteiger partial charge in [0.15, 0.2) is 0 Å². The zero-order valence-electron chi connectivity index (χ0n) is 17.9. The molecule has 0 saturated carbocycles. The highest BCUT2D eigenvalue weighted by Gasteiger charge is 2.06. The molecule has 0 fully saturated rings. The number of hydrogen-bond acceptors (Lipinski definition) is 4. The Morgan fingerprint density at radius 1 is 0.935 bits per heavy atom. The fourth-order valence-electron chi connectivity index (χ4n) is 2.76. The van der Waals surface area contributed by atoms with Crippen molar-refractivity contribution in [2.24, 2.45) is 5.10 Å². The highest BCUT2D eigenvalue weighted by molar-refractivity contribution is 9.10. The fourth-order valence-corrected chi connectivity index (χ4v) is 3.03. The lowest BCUT2D eigenvalue weighted by molar-refractivity contribution is -0.124. The van der Waals surface area contributed by atoms with Crippen LogP contribution in [0.25, 0.3) is 0 Å². The van der Waals surface area contributed by atoms with Crippen molar-refractivity contribution < 1.29 is 14.3 Å². The Bertz CT molecular complexity index is 836. The van der Waals surface area contributed by atoms with E-state index in [2.05, 4.69) is 38.7 Å². The Hall–Kier alpha value is -2.67. The minimum atomic E-state index is -0.315. The molecule has 0 spiro atoms. The summed E-state index contributed by atoms with van der Waals surface area (Å²) in [6, 6.07) is 14.8. The molecule has 0 atom stereocenters. The van der Waals surface area contributed by atoms with Gasteiger partial charge in [0.25, 0.3) is 0 Å². The predicted octanol–water partition coefficient (Wildman–Crippen LogP) is 5.67. The first-order chi connectivity index (χ1) is 15.1. The topological polar surface area (TPSA) is 79.8 Å². The van der Waals surface area contributed by atoms with Crippen LogP contribution in [-0.2, 0) is 9.59 Å². The van der Waals surface area contributed by atoms with Crippen LogP contribution in [0, 0.1) is 0 Å². The number of nitrogens with one attached hydrogen (secondary N) is 2. The molecule has 7 heteroatoms. The maximum atomic E-state index is 11.9. The van der Waals surface area contributed by atoms with Crippen molar-refractivity contribution in [3.63, 3.8) is 0 Å². The van der Waals surface area contributed by atoms with Gasteiger partial charge in [0.05, 0.1) is 12.8 Å². The standard InChI is InChI=1S/C24H30BrN3O3/c1-2-3-4-5-6-17-31-22-13-7-19(8-14-22)18-26-28-24(30)16-15-23(29)27-21-11-9-20(25)10-12-21/h7-14,18H,2-6,15-17H2,1H3,(H,27,29)(H,28,30). The molecule has 2 aromatic carbocycles. The van der Waals surface area contributed by atoms with Gasteiger partial charge in [-0.2, -0.15) is 5.10 Å². The zero-order valence-corrected chi connectivity index (χ0v) is 19.5. The number of halogens is 1. The lowest BCUT2D eigenvalue weighted by Gasteiger charge is -2.06. The molecule has 0 saturated heterocycles. The van der Waals surface area contributed by atoms with Crippen molar-refractivity contribution >= 4 is 39.6 Å². The molecule has 31 heavy (non-hydrogen) atoms. The summed E-state index contributed by atoms with van der Waals surface area (Å²) in [5, 5.41) is 6.69. The molecule has 0 radical (unpaired) electrons. The van der Waals surface area contributed by atoms with Gasteiger partial charge in [-0.05, 0) is 60.5 Å². The summed E-state index contributed by atoms with van der Waals surface area (Å²) in [4.78, 5) is 23.8. The van der Waals surface area contributed by atoms with E-state index in [-0.39, 0.29) is 24.7 Å². The molecule has 2 N–H and O–H groups in total. The smallest absolute Gasteiger partial charge is 0.240 e. The molecule has 2 rings (SSSR count). The molecular weight excluding hydrogens is 458 g/mol. The maximum Gasteiger partial charge on any atom is 0.240 e. The van der Waals surface area contributed by atoms with E-state index < -0.39 is 0 Å². The van der Waals surface area contributed by atoms with Crippen molar-refractivity contribution in [3.8, 4) is 5.75 Å². The largest absolute Gasteiger partial charge is 0.494 e. The Kier molecular flexibility index (Phi) is 11.4. The van der Waals surface area contributed by atoms with Crippen LogP contribution in [0.2, 0.25) is 0 Å².